The Morgan fingerprint density at radius 3 is 2.71 bits per heavy atom. The Morgan fingerprint density at radius 2 is 2.19 bits per heavy atom. The molecule has 1 atom stereocenters. The van der Waals surface area contributed by atoms with Crippen molar-refractivity contribution < 1.29 is 27.5 Å². The van der Waals surface area contributed by atoms with Crippen LogP contribution in [0.2, 0.25) is 0 Å². The molecule has 1 amide bonds. The van der Waals surface area contributed by atoms with Gasteiger partial charge in [-0.3, -0.25) is 14.6 Å². The fourth-order valence-electron chi connectivity index (χ4n) is 2.16. The number of rotatable bonds is 3. The van der Waals surface area contributed by atoms with Gasteiger partial charge in [-0.05, 0) is 11.6 Å². The van der Waals surface area contributed by atoms with E-state index in [1.165, 1.54) is 18.1 Å². The van der Waals surface area contributed by atoms with Gasteiger partial charge in [0.2, 0.25) is 5.91 Å². The summed E-state index contributed by atoms with van der Waals surface area (Å²) in [4.78, 5) is 27.9. The maximum Gasteiger partial charge on any atom is 0.433 e. The van der Waals surface area contributed by atoms with Gasteiger partial charge < -0.3 is 9.64 Å². The van der Waals surface area contributed by atoms with Crippen LogP contribution in [0, 0.1) is 5.92 Å². The normalized spacial score (nSPS) is 19.0. The van der Waals surface area contributed by atoms with E-state index in [1.807, 2.05) is 0 Å². The van der Waals surface area contributed by atoms with Crippen molar-refractivity contribution in [2.75, 3.05) is 13.7 Å². The van der Waals surface area contributed by atoms with Gasteiger partial charge in [0.05, 0.1) is 13.0 Å². The number of methoxy groups -OCH3 is 1. The van der Waals surface area contributed by atoms with E-state index < -0.39 is 23.8 Å². The first-order valence-electron chi connectivity index (χ1n) is 6.19. The average Bonchev–Trinajstić information content (AvgIpc) is 2.79. The number of carbonyl (C=O) groups is 2. The van der Waals surface area contributed by atoms with Crippen molar-refractivity contribution >= 4 is 11.9 Å². The zero-order valence-electron chi connectivity index (χ0n) is 11.2. The average molecular weight is 302 g/mol. The number of alkyl halides is 3. The van der Waals surface area contributed by atoms with Crippen molar-refractivity contribution in [1.29, 1.82) is 0 Å². The highest BCUT2D eigenvalue weighted by Gasteiger charge is 2.35. The van der Waals surface area contributed by atoms with Crippen LogP contribution in [-0.4, -0.2) is 35.4 Å². The quantitative estimate of drug-likeness (QED) is 0.796. The number of pyridine rings is 1. The Hall–Kier alpha value is -2.12. The van der Waals surface area contributed by atoms with Crippen LogP contribution in [0.5, 0.6) is 0 Å². The van der Waals surface area contributed by atoms with E-state index in [0.29, 0.717) is 5.56 Å². The Labute approximate surface area is 118 Å². The summed E-state index contributed by atoms with van der Waals surface area (Å²) in [6, 6.07) is 2.14. The van der Waals surface area contributed by atoms with E-state index in [-0.39, 0.29) is 25.4 Å². The number of hydrogen-bond donors (Lipinski definition) is 0. The molecule has 8 heteroatoms. The molecule has 0 saturated carbocycles. The minimum absolute atomic E-state index is 0.0563. The first-order chi connectivity index (χ1) is 9.81. The molecule has 1 aromatic rings. The molecule has 0 radical (unpaired) electrons. The molecule has 5 nitrogen and oxygen atoms in total. The predicted molar refractivity (Wildman–Crippen MR) is 64.8 cm³/mol. The van der Waals surface area contributed by atoms with Gasteiger partial charge in [-0.2, -0.15) is 13.2 Å². The highest BCUT2D eigenvalue weighted by atomic mass is 19.4. The summed E-state index contributed by atoms with van der Waals surface area (Å²) in [6.45, 7) is 0.323. The lowest BCUT2D eigenvalue weighted by atomic mass is 10.1. The van der Waals surface area contributed by atoms with Crippen LogP contribution in [0.1, 0.15) is 17.7 Å². The lowest BCUT2D eigenvalue weighted by Crippen LogP contribution is -2.26. The van der Waals surface area contributed by atoms with Crippen LogP contribution < -0.4 is 0 Å². The Kier molecular flexibility index (Phi) is 4.15. The number of esters is 1. The van der Waals surface area contributed by atoms with Gasteiger partial charge in [0.1, 0.15) is 5.69 Å². The fraction of sp³-hybridized carbons (Fsp3) is 0.462. The van der Waals surface area contributed by atoms with E-state index >= 15 is 0 Å². The molecule has 0 N–H and O–H groups in total. The van der Waals surface area contributed by atoms with E-state index in [9.17, 15) is 22.8 Å². The summed E-state index contributed by atoms with van der Waals surface area (Å²) >= 11 is 0. The third kappa shape index (κ3) is 3.50. The van der Waals surface area contributed by atoms with Crippen LogP contribution in [0.3, 0.4) is 0 Å². The maximum atomic E-state index is 12.4. The van der Waals surface area contributed by atoms with Crippen molar-refractivity contribution in [2.45, 2.75) is 19.1 Å². The molecule has 1 unspecified atom stereocenters. The molecular formula is C13H13F3N2O3. The summed E-state index contributed by atoms with van der Waals surface area (Å²) in [5.41, 5.74) is -0.506. The second-order valence-corrected chi connectivity index (χ2v) is 4.75. The summed E-state index contributed by atoms with van der Waals surface area (Å²) in [5, 5.41) is 0. The van der Waals surface area contributed by atoms with Crippen LogP contribution in [0.25, 0.3) is 0 Å². The zero-order chi connectivity index (χ0) is 15.6. The topological polar surface area (TPSA) is 59.5 Å². The van der Waals surface area contributed by atoms with Gasteiger partial charge in [0.15, 0.2) is 0 Å². The Morgan fingerprint density at radius 1 is 1.48 bits per heavy atom. The molecule has 1 saturated heterocycles. The monoisotopic (exact) mass is 302 g/mol. The van der Waals surface area contributed by atoms with Crippen LogP contribution in [0.4, 0.5) is 13.2 Å². The third-order valence-corrected chi connectivity index (χ3v) is 3.24. The maximum absolute atomic E-state index is 12.4. The van der Waals surface area contributed by atoms with Gasteiger partial charge in [-0.25, -0.2) is 0 Å². The van der Waals surface area contributed by atoms with E-state index in [0.717, 1.165) is 12.3 Å². The van der Waals surface area contributed by atoms with Crippen LogP contribution in [-0.2, 0) is 27.0 Å². The van der Waals surface area contributed by atoms with Gasteiger partial charge in [0.25, 0.3) is 0 Å². The van der Waals surface area contributed by atoms with Crippen molar-refractivity contribution in [2.24, 2.45) is 5.92 Å². The Balaban J connectivity index is 2.02. The number of aromatic nitrogens is 1. The molecule has 1 fully saturated rings. The number of amides is 1. The second kappa shape index (κ2) is 5.71. The van der Waals surface area contributed by atoms with E-state index in [4.69, 9.17) is 0 Å². The number of carbonyl (C=O) groups excluding carboxylic acids is 2. The molecule has 1 aliphatic heterocycles. The fourth-order valence-corrected chi connectivity index (χ4v) is 2.16. The molecular weight excluding hydrogens is 289 g/mol. The van der Waals surface area contributed by atoms with E-state index in [2.05, 4.69) is 9.72 Å². The molecule has 0 aliphatic carbocycles. The molecule has 2 rings (SSSR count). The highest BCUT2D eigenvalue weighted by molar-refractivity contribution is 5.86. The predicted octanol–water partition coefficient (Wildman–Crippen LogP) is 1.62. The molecule has 21 heavy (non-hydrogen) atoms. The van der Waals surface area contributed by atoms with E-state index in [1.54, 1.807) is 0 Å². The number of ether oxygens (including phenoxy) is 1. The lowest BCUT2D eigenvalue weighted by molar-refractivity contribution is -0.145. The first-order valence-corrected chi connectivity index (χ1v) is 6.19. The summed E-state index contributed by atoms with van der Waals surface area (Å²) in [5.74, 6) is -1.22. The van der Waals surface area contributed by atoms with Crippen molar-refractivity contribution in [1.82, 2.24) is 9.88 Å². The summed E-state index contributed by atoms with van der Waals surface area (Å²) in [7, 11) is 1.25. The largest absolute Gasteiger partial charge is 0.469 e. The third-order valence-electron chi connectivity index (χ3n) is 3.24. The zero-order valence-corrected chi connectivity index (χ0v) is 11.2. The molecule has 2 heterocycles. The smallest absolute Gasteiger partial charge is 0.433 e. The molecule has 1 aromatic heterocycles. The lowest BCUT2D eigenvalue weighted by Gasteiger charge is -2.16. The SMILES string of the molecule is COC(=O)C1CC(=O)N(Cc2ccc(C(F)(F)F)nc2)C1. The van der Waals surface area contributed by atoms with Gasteiger partial charge >= 0.3 is 12.1 Å². The van der Waals surface area contributed by atoms with Crippen molar-refractivity contribution in [3.8, 4) is 0 Å². The van der Waals surface area contributed by atoms with Crippen molar-refractivity contribution in [3.05, 3.63) is 29.6 Å². The minimum atomic E-state index is -4.49. The summed E-state index contributed by atoms with van der Waals surface area (Å²) in [6.07, 6.45) is -3.35. The number of likely N-dealkylation sites (tertiary alicyclic amines) is 1. The number of nitrogens with zero attached hydrogens (tertiary/aromatic N) is 2. The van der Waals surface area contributed by atoms with Crippen molar-refractivity contribution in [3.63, 3.8) is 0 Å². The Bertz CT molecular complexity index is 543. The molecule has 114 valence electrons. The first kappa shape index (κ1) is 15.3. The molecule has 0 spiro atoms. The number of halogens is 3. The minimum Gasteiger partial charge on any atom is -0.469 e. The number of hydrogen-bond acceptors (Lipinski definition) is 4. The van der Waals surface area contributed by atoms with Crippen LogP contribution >= 0.6 is 0 Å². The van der Waals surface area contributed by atoms with Gasteiger partial charge in [-0.15, -0.1) is 0 Å². The standard InChI is InChI=1S/C13H13F3N2O3/c1-21-12(20)9-4-11(19)18(7-9)6-8-2-3-10(17-5-8)13(14,15)16/h2-3,5,9H,4,6-7H2,1H3. The van der Waals surface area contributed by atoms with Gasteiger partial charge in [-0.1, -0.05) is 6.07 Å². The molecule has 0 bridgehead atoms. The molecule has 0 aromatic carbocycles. The second-order valence-electron chi connectivity index (χ2n) is 4.75. The van der Waals surface area contributed by atoms with Crippen LogP contribution in [0.15, 0.2) is 18.3 Å². The highest BCUT2D eigenvalue weighted by Crippen LogP contribution is 2.27. The van der Waals surface area contributed by atoms with Gasteiger partial charge in [0, 0.05) is 25.7 Å². The summed E-state index contributed by atoms with van der Waals surface area (Å²) < 4.78 is 41.7. The molecule has 1 aliphatic rings.